The molecule has 9 heteroatoms. The minimum absolute atomic E-state index is 0.0174. The van der Waals surface area contributed by atoms with Crippen LogP contribution in [0, 0.1) is 0 Å². The van der Waals surface area contributed by atoms with E-state index in [0.29, 0.717) is 29.7 Å². The largest absolute Gasteiger partial charge is 0.493 e. The number of aromatic nitrogens is 5. The zero-order chi connectivity index (χ0) is 20.2. The summed E-state index contributed by atoms with van der Waals surface area (Å²) < 4.78 is 10.9. The van der Waals surface area contributed by atoms with Crippen LogP contribution in [0.5, 0.6) is 11.5 Å². The molecule has 29 heavy (non-hydrogen) atoms. The summed E-state index contributed by atoms with van der Waals surface area (Å²) in [5.74, 6) is 2.06. The highest BCUT2D eigenvalue weighted by Crippen LogP contribution is 2.32. The third-order valence-corrected chi connectivity index (χ3v) is 4.40. The lowest BCUT2D eigenvalue weighted by molar-refractivity contribution is -0.120. The molecular weight excluding hydrogens is 372 g/mol. The number of nitrogens with zero attached hydrogens (tertiary/aromatic N) is 3. The molecule has 0 fully saturated rings. The Balaban J connectivity index is 1.51. The highest BCUT2D eigenvalue weighted by atomic mass is 16.5. The molecule has 0 aliphatic carbocycles. The van der Waals surface area contributed by atoms with Crippen LogP contribution in [0.4, 0.5) is 11.6 Å². The van der Waals surface area contributed by atoms with Gasteiger partial charge in [-0.2, -0.15) is 10.1 Å². The highest BCUT2D eigenvalue weighted by molar-refractivity contribution is 5.82. The van der Waals surface area contributed by atoms with Gasteiger partial charge in [-0.05, 0) is 36.4 Å². The molecule has 0 atom stereocenters. The smallest absolute Gasteiger partial charge is 0.246 e. The van der Waals surface area contributed by atoms with Crippen molar-refractivity contribution in [2.45, 2.75) is 13.3 Å². The molecule has 0 amide bonds. The van der Waals surface area contributed by atoms with Crippen molar-refractivity contribution in [2.75, 3.05) is 19.0 Å². The monoisotopic (exact) mass is 392 g/mol. The third-order valence-electron chi connectivity index (χ3n) is 4.40. The highest BCUT2D eigenvalue weighted by Gasteiger charge is 2.12. The van der Waals surface area contributed by atoms with Crippen LogP contribution >= 0.6 is 0 Å². The van der Waals surface area contributed by atoms with E-state index >= 15 is 0 Å². The van der Waals surface area contributed by atoms with Crippen LogP contribution in [0.1, 0.15) is 13.3 Å². The van der Waals surface area contributed by atoms with Crippen LogP contribution in [0.15, 0.2) is 42.6 Å². The number of nitrogens with one attached hydrogen (secondary N) is 3. The van der Waals surface area contributed by atoms with E-state index in [2.05, 4.69) is 30.7 Å². The van der Waals surface area contributed by atoms with Gasteiger partial charge < -0.3 is 14.8 Å². The predicted molar refractivity (Wildman–Crippen MR) is 109 cm³/mol. The van der Waals surface area contributed by atoms with Crippen LogP contribution in [0.3, 0.4) is 0 Å². The van der Waals surface area contributed by atoms with Gasteiger partial charge in [0.25, 0.3) is 0 Å². The molecule has 2 heterocycles. The summed E-state index contributed by atoms with van der Waals surface area (Å²) >= 11 is 0. The second-order valence-corrected chi connectivity index (χ2v) is 6.35. The van der Waals surface area contributed by atoms with E-state index in [9.17, 15) is 4.79 Å². The molecule has 0 bridgehead atoms. The van der Waals surface area contributed by atoms with Gasteiger partial charge >= 0.3 is 0 Å². The quantitative estimate of drug-likeness (QED) is 0.420. The normalized spacial score (nSPS) is 10.8. The first kappa shape index (κ1) is 18.5. The van der Waals surface area contributed by atoms with Crippen molar-refractivity contribution in [1.82, 2.24) is 25.4 Å². The molecule has 3 N–H and O–H groups in total. The van der Waals surface area contributed by atoms with E-state index in [1.165, 1.54) is 0 Å². The van der Waals surface area contributed by atoms with Gasteiger partial charge in [-0.1, -0.05) is 6.92 Å². The van der Waals surface area contributed by atoms with Crippen LogP contribution in [0.25, 0.3) is 22.3 Å². The Morgan fingerprint density at radius 1 is 1.14 bits per heavy atom. The standard InChI is InChI=1S/C20H20N6O3/c1-3-15(27)11-29-17-7-4-12(9-18(17)28-2)19-23-20(26-25-19)22-14-5-6-16-13(8-14)10-21-24-16/h4-10H,3,11H2,1-2H3,(H,21,24)(H2,22,23,25,26). The van der Waals surface area contributed by atoms with Crippen LogP contribution in [-0.2, 0) is 4.79 Å². The molecule has 148 valence electrons. The summed E-state index contributed by atoms with van der Waals surface area (Å²) in [5, 5.41) is 18.2. The molecule has 9 nitrogen and oxygen atoms in total. The number of ketones is 1. The first-order valence-electron chi connectivity index (χ1n) is 9.11. The molecule has 0 radical (unpaired) electrons. The Bertz CT molecular complexity index is 1150. The molecule has 0 aliphatic heterocycles. The average Bonchev–Trinajstić information content (AvgIpc) is 3.41. The number of rotatable bonds is 8. The minimum atomic E-state index is 0.0174. The van der Waals surface area contributed by atoms with E-state index in [1.54, 1.807) is 32.4 Å². The molecule has 4 aromatic rings. The summed E-state index contributed by atoms with van der Waals surface area (Å²) in [6, 6.07) is 11.2. The van der Waals surface area contributed by atoms with Gasteiger partial charge in [0.2, 0.25) is 5.95 Å². The van der Waals surface area contributed by atoms with Gasteiger partial charge in [0.15, 0.2) is 23.1 Å². The number of carbonyl (C=O) groups excluding carboxylic acids is 1. The molecule has 0 saturated heterocycles. The van der Waals surface area contributed by atoms with Gasteiger partial charge in [-0.15, -0.1) is 5.10 Å². The first-order chi connectivity index (χ1) is 14.2. The van der Waals surface area contributed by atoms with Crippen molar-refractivity contribution in [3.8, 4) is 22.9 Å². The van der Waals surface area contributed by atoms with E-state index in [0.717, 1.165) is 22.2 Å². The maximum absolute atomic E-state index is 11.5. The Hall–Kier alpha value is -3.88. The molecule has 0 saturated carbocycles. The summed E-state index contributed by atoms with van der Waals surface area (Å²) in [6.07, 6.45) is 2.19. The summed E-state index contributed by atoms with van der Waals surface area (Å²) in [7, 11) is 1.55. The van der Waals surface area contributed by atoms with Gasteiger partial charge in [0.1, 0.15) is 6.61 Å². The lowest BCUT2D eigenvalue weighted by Gasteiger charge is -2.10. The second kappa shape index (κ2) is 8.01. The van der Waals surface area contributed by atoms with Crippen molar-refractivity contribution >= 4 is 28.3 Å². The zero-order valence-corrected chi connectivity index (χ0v) is 16.0. The molecule has 4 rings (SSSR count). The zero-order valence-electron chi connectivity index (χ0n) is 16.0. The Kier molecular flexibility index (Phi) is 5.10. The summed E-state index contributed by atoms with van der Waals surface area (Å²) in [5.41, 5.74) is 2.59. The number of hydrogen-bond donors (Lipinski definition) is 3. The number of Topliss-reactive ketones (excluding diaryl/α,β-unsaturated/α-hetero) is 1. The van der Waals surface area contributed by atoms with Crippen molar-refractivity contribution in [2.24, 2.45) is 0 Å². The van der Waals surface area contributed by atoms with Crippen LogP contribution in [0.2, 0.25) is 0 Å². The van der Waals surface area contributed by atoms with Crippen molar-refractivity contribution < 1.29 is 14.3 Å². The molecule has 2 aromatic heterocycles. The second-order valence-electron chi connectivity index (χ2n) is 6.35. The maximum Gasteiger partial charge on any atom is 0.246 e. The number of hydrogen-bond acceptors (Lipinski definition) is 7. The lowest BCUT2D eigenvalue weighted by atomic mass is 10.2. The number of fused-ring (bicyclic) bond motifs is 1. The van der Waals surface area contributed by atoms with E-state index in [1.807, 2.05) is 24.3 Å². The van der Waals surface area contributed by atoms with Crippen molar-refractivity contribution in [3.05, 3.63) is 42.6 Å². The molecule has 0 aliphatic rings. The lowest BCUT2D eigenvalue weighted by Crippen LogP contribution is -2.10. The topological polar surface area (TPSA) is 118 Å². The van der Waals surface area contributed by atoms with Gasteiger partial charge in [-0.3, -0.25) is 15.0 Å². The predicted octanol–water partition coefficient (Wildman–Crippen LogP) is 3.46. The van der Waals surface area contributed by atoms with E-state index in [4.69, 9.17) is 9.47 Å². The summed E-state index contributed by atoms with van der Waals surface area (Å²) in [4.78, 5) is 16.0. The van der Waals surface area contributed by atoms with Crippen LogP contribution < -0.4 is 14.8 Å². The van der Waals surface area contributed by atoms with Crippen molar-refractivity contribution in [1.29, 1.82) is 0 Å². The number of methoxy groups -OCH3 is 1. The number of carbonyl (C=O) groups is 1. The van der Waals surface area contributed by atoms with Crippen LogP contribution in [-0.4, -0.2) is 44.9 Å². The van der Waals surface area contributed by atoms with Gasteiger partial charge in [-0.25, -0.2) is 0 Å². The number of aromatic amines is 2. The SMILES string of the molecule is CCC(=O)COc1ccc(-c2nc(Nc3ccc4[nH]ncc4c3)n[nH]2)cc1OC. The summed E-state index contributed by atoms with van der Waals surface area (Å²) in [6.45, 7) is 1.82. The molecule has 2 aromatic carbocycles. The minimum Gasteiger partial charge on any atom is -0.493 e. The number of ether oxygens (including phenoxy) is 2. The number of H-pyrrole nitrogens is 2. The Morgan fingerprint density at radius 2 is 2.03 bits per heavy atom. The molecule has 0 unspecified atom stereocenters. The first-order valence-corrected chi connectivity index (χ1v) is 9.11. The fourth-order valence-corrected chi connectivity index (χ4v) is 2.79. The van der Waals surface area contributed by atoms with Crippen molar-refractivity contribution in [3.63, 3.8) is 0 Å². The maximum atomic E-state index is 11.5. The Morgan fingerprint density at radius 3 is 2.86 bits per heavy atom. The fourth-order valence-electron chi connectivity index (χ4n) is 2.79. The van der Waals surface area contributed by atoms with E-state index < -0.39 is 0 Å². The molecule has 0 spiro atoms. The van der Waals surface area contributed by atoms with E-state index in [-0.39, 0.29) is 12.4 Å². The number of anilines is 2. The average molecular weight is 392 g/mol. The van der Waals surface area contributed by atoms with Gasteiger partial charge in [0, 0.05) is 23.1 Å². The third kappa shape index (κ3) is 4.03. The van der Waals surface area contributed by atoms with Gasteiger partial charge in [0.05, 0.1) is 18.8 Å². The molecular formula is C20H20N6O3. The Labute approximate surface area is 166 Å². The number of benzene rings is 2. The fraction of sp³-hybridized carbons (Fsp3) is 0.200.